The Bertz CT molecular complexity index is 280. The first-order chi connectivity index (χ1) is 6.07. The van der Waals surface area contributed by atoms with Crippen LogP contribution in [-0.2, 0) is 7.05 Å². The van der Waals surface area contributed by atoms with Gasteiger partial charge in [-0.05, 0) is 5.92 Å². The van der Waals surface area contributed by atoms with Gasteiger partial charge in [0.05, 0.1) is 12.0 Å². The summed E-state index contributed by atoms with van der Waals surface area (Å²) in [4.78, 5) is 4.14. The second-order valence-electron chi connectivity index (χ2n) is 3.53. The van der Waals surface area contributed by atoms with Crippen molar-refractivity contribution in [2.45, 2.75) is 25.9 Å². The molecule has 0 saturated carbocycles. The number of nitrogens with two attached hydrogens (primary N) is 1. The maximum Gasteiger partial charge on any atom is 0.110 e. The first-order valence-corrected chi connectivity index (χ1v) is 4.47. The number of nitrogens with zero attached hydrogens (tertiary/aromatic N) is 2. The average molecular weight is 183 g/mol. The fourth-order valence-electron chi connectivity index (χ4n) is 1.53. The van der Waals surface area contributed by atoms with Crippen molar-refractivity contribution in [2.75, 3.05) is 6.54 Å². The molecule has 1 unspecified atom stereocenters. The van der Waals surface area contributed by atoms with Gasteiger partial charge in [0.1, 0.15) is 6.10 Å². The standard InChI is InChI=1S/C9H17N3O/c1-6(2)9-8(7(13)4-10)11-5-12(9)3/h5-7,13H,4,10H2,1-3H3. The van der Waals surface area contributed by atoms with Crippen LogP contribution in [-0.4, -0.2) is 21.2 Å². The summed E-state index contributed by atoms with van der Waals surface area (Å²) in [5, 5.41) is 9.57. The minimum Gasteiger partial charge on any atom is -0.385 e. The van der Waals surface area contributed by atoms with Gasteiger partial charge in [0, 0.05) is 19.3 Å². The van der Waals surface area contributed by atoms with Crippen molar-refractivity contribution in [3.05, 3.63) is 17.7 Å². The number of aliphatic hydroxyl groups is 1. The maximum absolute atomic E-state index is 9.57. The van der Waals surface area contributed by atoms with Gasteiger partial charge in [-0.2, -0.15) is 0 Å². The van der Waals surface area contributed by atoms with E-state index in [4.69, 9.17) is 5.73 Å². The fourth-order valence-corrected chi connectivity index (χ4v) is 1.53. The number of rotatable bonds is 3. The monoisotopic (exact) mass is 183 g/mol. The van der Waals surface area contributed by atoms with Crippen LogP contribution in [0.1, 0.15) is 37.3 Å². The molecule has 0 aromatic carbocycles. The van der Waals surface area contributed by atoms with Crippen molar-refractivity contribution in [3.63, 3.8) is 0 Å². The van der Waals surface area contributed by atoms with E-state index in [1.807, 2.05) is 11.6 Å². The number of hydrogen-bond donors (Lipinski definition) is 2. The summed E-state index contributed by atoms with van der Waals surface area (Å²) >= 11 is 0. The van der Waals surface area contributed by atoms with Gasteiger partial charge in [0.15, 0.2) is 0 Å². The molecule has 1 heterocycles. The SMILES string of the molecule is CC(C)c1c(C(O)CN)ncn1C. The van der Waals surface area contributed by atoms with Crippen LogP contribution >= 0.6 is 0 Å². The van der Waals surface area contributed by atoms with Crippen molar-refractivity contribution in [2.24, 2.45) is 12.8 Å². The minimum absolute atomic E-state index is 0.219. The lowest BCUT2D eigenvalue weighted by Crippen LogP contribution is -2.14. The topological polar surface area (TPSA) is 64.1 Å². The van der Waals surface area contributed by atoms with Gasteiger partial charge in [0.25, 0.3) is 0 Å². The Balaban J connectivity index is 3.07. The summed E-state index contributed by atoms with van der Waals surface area (Å²) in [6, 6.07) is 0. The summed E-state index contributed by atoms with van der Waals surface area (Å²) in [5.74, 6) is 0.351. The molecular weight excluding hydrogens is 166 g/mol. The summed E-state index contributed by atoms with van der Waals surface area (Å²) in [7, 11) is 1.93. The Kier molecular flexibility index (Phi) is 3.06. The second-order valence-corrected chi connectivity index (χ2v) is 3.53. The van der Waals surface area contributed by atoms with Gasteiger partial charge >= 0.3 is 0 Å². The molecule has 4 nitrogen and oxygen atoms in total. The van der Waals surface area contributed by atoms with Crippen molar-refractivity contribution >= 4 is 0 Å². The molecule has 0 aliphatic carbocycles. The molecule has 1 aromatic rings. The number of hydrogen-bond acceptors (Lipinski definition) is 3. The number of imidazole rings is 1. The zero-order chi connectivity index (χ0) is 10.0. The van der Waals surface area contributed by atoms with Gasteiger partial charge < -0.3 is 15.4 Å². The van der Waals surface area contributed by atoms with Crippen molar-refractivity contribution in [1.82, 2.24) is 9.55 Å². The predicted molar refractivity (Wildman–Crippen MR) is 51.3 cm³/mol. The van der Waals surface area contributed by atoms with E-state index < -0.39 is 6.10 Å². The lowest BCUT2D eigenvalue weighted by atomic mass is 10.1. The molecule has 4 heteroatoms. The number of aromatic nitrogens is 2. The summed E-state index contributed by atoms with van der Waals surface area (Å²) in [6.45, 7) is 4.37. The molecule has 0 aliphatic heterocycles. The van der Waals surface area contributed by atoms with E-state index in [2.05, 4.69) is 18.8 Å². The van der Waals surface area contributed by atoms with E-state index in [-0.39, 0.29) is 6.54 Å². The Morgan fingerprint density at radius 1 is 1.62 bits per heavy atom. The van der Waals surface area contributed by atoms with Gasteiger partial charge in [0.2, 0.25) is 0 Å². The van der Waals surface area contributed by atoms with Crippen molar-refractivity contribution in [3.8, 4) is 0 Å². The van der Waals surface area contributed by atoms with Crippen LogP contribution in [0.25, 0.3) is 0 Å². The molecule has 0 fully saturated rings. The minimum atomic E-state index is -0.640. The predicted octanol–water partition coefficient (Wildman–Crippen LogP) is 0.536. The highest BCUT2D eigenvalue weighted by molar-refractivity contribution is 5.19. The molecule has 0 radical (unpaired) electrons. The first-order valence-electron chi connectivity index (χ1n) is 4.47. The summed E-state index contributed by atoms with van der Waals surface area (Å²) in [6.07, 6.45) is 1.07. The van der Waals surface area contributed by atoms with Crippen LogP contribution in [0.3, 0.4) is 0 Å². The van der Waals surface area contributed by atoms with Gasteiger partial charge in [-0.15, -0.1) is 0 Å². The second kappa shape index (κ2) is 3.89. The van der Waals surface area contributed by atoms with Crippen LogP contribution in [0.5, 0.6) is 0 Å². The Morgan fingerprint density at radius 2 is 2.23 bits per heavy atom. The van der Waals surface area contributed by atoms with E-state index in [1.165, 1.54) is 0 Å². The Morgan fingerprint density at radius 3 is 2.69 bits per heavy atom. The number of aliphatic hydroxyl groups excluding tert-OH is 1. The highest BCUT2D eigenvalue weighted by atomic mass is 16.3. The van der Waals surface area contributed by atoms with Gasteiger partial charge in [-0.3, -0.25) is 0 Å². The Hall–Kier alpha value is -0.870. The van der Waals surface area contributed by atoms with Crippen LogP contribution < -0.4 is 5.73 Å². The molecule has 0 spiro atoms. The number of aryl methyl sites for hydroxylation is 1. The van der Waals surface area contributed by atoms with Gasteiger partial charge in [-0.1, -0.05) is 13.8 Å². The summed E-state index contributed by atoms with van der Waals surface area (Å²) in [5.41, 5.74) is 7.15. The molecule has 1 atom stereocenters. The average Bonchev–Trinajstić information content (AvgIpc) is 2.45. The van der Waals surface area contributed by atoms with Crippen LogP contribution in [0.2, 0.25) is 0 Å². The first kappa shape index (κ1) is 10.2. The van der Waals surface area contributed by atoms with E-state index in [1.54, 1.807) is 6.33 Å². The van der Waals surface area contributed by atoms with Crippen LogP contribution in [0, 0.1) is 0 Å². The van der Waals surface area contributed by atoms with E-state index in [0.717, 1.165) is 5.69 Å². The fraction of sp³-hybridized carbons (Fsp3) is 0.667. The third-order valence-corrected chi connectivity index (χ3v) is 2.10. The smallest absolute Gasteiger partial charge is 0.110 e. The van der Waals surface area contributed by atoms with E-state index in [9.17, 15) is 5.11 Å². The quantitative estimate of drug-likeness (QED) is 0.718. The molecule has 0 saturated heterocycles. The molecule has 1 rings (SSSR count). The molecule has 0 amide bonds. The van der Waals surface area contributed by atoms with Crippen LogP contribution in [0.15, 0.2) is 6.33 Å². The van der Waals surface area contributed by atoms with Crippen LogP contribution in [0.4, 0.5) is 0 Å². The molecule has 74 valence electrons. The zero-order valence-corrected chi connectivity index (χ0v) is 8.36. The molecule has 13 heavy (non-hydrogen) atoms. The third-order valence-electron chi connectivity index (χ3n) is 2.10. The molecule has 3 N–H and O–H groups in total. The maximum atomic E-state index is 9.57. The summed E-state index contributed by atoms with van der Waals surface area (Å²) < 4.78 is 1.93. The van der Waals surface area contributed by atoms with Gasteiger partial charge in [-0.25, -0.2) is 4.98 Å². The van der Waals surface area contributed by atoms with E-state index >= 15 is 0 Å². The molecular formula is C9H17N3O. The Labute approximate surface area is 78.4 Å². The van der Waals surface area contributed by atoms with Crippen molar-refractivity contribution in [1.29, 1.82) is 0 Å². The lowest BCUT2D eigenvalue weighted by Gasteiger charge is -2.12. The highest BCUT2D eigenvalue weighted by Crippen LogP contribution is 2.22. The normalized spacial score (nSPS) is 13.7. The largest absolute Gasteiger partial charge is 0.385 e. The van der Waals surface area contributed by atoms with Crippen molar-refractivity contribution < 1.29 is 5.11 Å². The van der Waals surface area contributed by atoms with E-state index in [0.29, 0.717) is 11.6 Å². The highest BCUT2D eigenvalue weighted by Gasteiger charge is 2.17. The zero-order valence-electron chi connectivity index (χ0n) is 8.36. The molecule has 0 bridgehead atoms. The molecule has 0 aliphatic rings. The molecule has 1 aromatic heterocycles. The lowest BCUT2D eigenvalue weighted by molar-refractivity contribution is 0.180. The third kappa shape index (κ3) is 1.89.